The summed E-state index contributed by atoms with van der Waals surface area (Å²) >= 11 is 0. The zero-order chi connectivity index (χ0) is 15.6. The molecular weight excluding hydrogens is 264 g/mol. The lowest BCUT2D eigenvalue weighted by Crippen LogP contribution is -2.14. The maximum absolute atomic E-state index is 2.31. The average Bonchev–Trinajstić information content (AvgIpc) is 2.55. The molecule has 0 nitrogen and oxygen atoms in total. The van der Waals surface area contributed by atoms with Crippen molar-refractivity contribution >= 4 is 0 Å². The second-order valence-corrected chi connectivity index (χ2v) is 7.61. The number of rotatable bonds is 9. The van der Waals surface area contributed by atoms with Gasteiger partial charge in [0, 0.05) is 0 Å². The molecule has 0 unspecified atom stereocenters. The highest BCUT2D eigenvalue weighted by Crippen LogP contribution is 2.34. The molecule has 1 fully saturated rings. The Morgan fingerprint density at radius 2 is 1.32 bits per heavy atom. The molecule has 0 heteroatoms. The van der Waals surface area contributed by atoms with Gasteiger partial charge in [-0.15, -0.1) is 0 Å². The number of hydrogen-bond acceptors (Lipinski definition) is 0. The molecule has 1 aromatic rings. The standard InChI is InChI=1S/C22H36/c1-3-4-5-8-21-15-17-22(18-16-21)10-7-6-9-20-13-11-19(2)12-14-20/h11-14,21-22H,3-10,15-18H2,1-2H3/t21-,22-. The number of unbranched alkanes of at least 4 members (excludes halogenated alkanes) is 3. The number of benzene rings is 1. The van der Waals surface area contributed by atoms with Gasteiger partial charge in [0.15, 0.2) is 0 Å². The van der Waals surface area contributed by atoms with Crippen LogP contribution in [0.3, 0.4) is 0 Å². The second kappa shape index (κ2) is 10.1. The van der Waals surface area contributed by atoms with Crippen LogP contribution in [0.4, 0.5) is 0 Å². The minimum absolute atomic E-state index is 1.04. The van der Waals surface area contributed by atoms with Crippen LogP contribution in [-0.2, 0) is 6.42 Å². The van der Waals surface area contributed by atoms with E-state index in [2.05, 4.69) is 38.1 Å². The van der Waals surface area contributed by atoms with E-state index in [1.807, 2.05) is 0 Å². The third-order valence-electron chi connectivity index (χ3n) is 5.63. The van der Waals surface area contributed by atoms with Crippen molar-refractivity contribution in [1.29, 1.82) is 0 Å². The normalized spacial score (nSPS) is 21.9. The van der Waals surface area contributed by atoms with Crippen LogP contribution in [-0.4, -0.2) is 0 Å². The van der Waals surface area contributed by atoms with Gasteiger partial charge < -0.3 is 0 Å². The summed E-state index contributed by atoms with van der Waals surface area (Å²) in [4.78, 5) is 0. The Balaban J connectivity index is 1.52. The molecule has 22 heavy (non-hydrogen) atoms. The number of hydrogen-bond donors (Lipinski definition) is 0. The van der Waals surface area contributed by atoms with Crippen molar-refractivity contribution in [3.63, 3.8) is 0 Å². The Bertz CT molecular complexity index is 381. The van der Waals surface area contributed by atoms with Gasteiger partial charge in [-0.3, -0.25) is 0 Å². The summed E-state index contributed by atoms with van der Waals surface area (Å²) < 4.78 is 0. The van der Waals surface area contributed by atoms with Gasteiger partial charge in [-0.2, -0.15) is 0 Å². The van der Waals surface area contributed by atoms with Crippen molar-refractivity contribution < 1.29 is 0 Å². The van der Waals surface area contributed by atoms with E-state index >= 15 is 0 Å². The average molecular weight is 301 g/mol. The van der Waals surface area contributed by atoms with Gasteiger partial charge in [0.05, 0.1) is 0 Å². The quantitative estimate of drug-likeness (QED) is 0.427. The predicted molar refractivity (Wildman–Crippen MR) is 98.3 cm³/mol. The Morgan fingerprint density at radius 3 is 1.86 bits per heavy atom. The molecule has 1 aliphatic rings. The zero-order valence-corrected chi connectivity index (χ0v) is 14.9. The summed E-state index contributed by atoms with van der Waals surface area (Å²) in [6.07, 6.45) is 17.4. The third kappa shape index (κ3) is 6.55. The minimum Gasteiger partial charge on any atom is -0.0654 e. The first-order valence-corrected chi connectivity index (χ1v) is 9.83. The molecular formula is C22H36. The Kier molecular flexibility index (Phi) is 8.05. The molecule has 0 amide bonds. The first-order valence-electron chi connectivity index (χ1n) is 9.83. The highest BCUT2D eigenvalue weighted by Gasteiger charge is 2.20. The lowest BCUT2D eigenvalue weighted by molar-refractivity contribution is 0.245. The van der Waals surface area contributed by atoms with Crippen molar-refractivity contribution in [3.8, 4) is 0 Å². The van der Waals surface area contributed by atoms with E-state index in [4.69, 9.17) is 0 Å². The molecule has 0 spiro atoms. The first-order chi connectivity index (χ1) is 10.8. The molecule has 2 rings (SSSR count). The summed E-state index contributed by atoms with van der Waals surface area (Å²) in [5, 5.41) is 0. The van der Waals surface area contributed by atoms with E-state index < -0.39 is 0 Å². The predicted octanol–water partition coefficient (Wildman–Crippen LogP) is 7.09. The Labute approximate surface area is 138 Å². The van der Waals surface area contributed by atoms with E-state index in [-0.39, 0.29) is 0 Å². The highest BCUT2D eigenvalue weighted by atomic mass is 14.3. The van der Waals surface area contributed by atoms with Crippen molar-refractivity contribution in [2.24, 2.45) is 11.8 Å². The fourth-order valence-electron chi connectivity index (χ4n) is 4.01. The molecule has 1 aliphatic carbocycles. The van der Waals surface area contributed by atoms with Crippen LogP contribution in [0, 0.1) is 18.8 Å². The molecule has 0 N–H and O–H groups in total. The topological polar surface area (TPSA) is 0 Å². The SMILES string of the molecule is CCCCC[C@H]1CC[C@H](CCCCc2ccc(C)cc2)CC1. The Hall–Kier alpha value is -0.780. The van der Waals surface area contributed by atoms with Crippen LogP contribution in [0.2, 0.25) is 0 Å². The van der Waals surface area contributed by atoms with Crippen LogP contribution in [0.25, 0.3) is 0 Å². The van der Waals surface area contributed by atoms with Crippen molar-refractivity contribution in [3.05, 3.63) is 35.4 Å². The van der Waals surface area contributed by atoms with Gasteiger partial charge >= 0.3 is 0 Å². The maximum atomic E-state index is 2.31. The first kappa shape index (κ1) is 17.6. The molecule has 0 bridgehead atoms. The van der Waals surface area contributed by atoms with Gasteiger partial charge in [-0.25, -0.2) is 0 Å². The minimum atomic E-state index is 1.04. The highest BCUT2D eigenvalue weighted by molar-refractivity contribution is 5.21. The van der Waals surface area contributed by atoms with Crippen LogP contribution in [0.15, 0.2) is 24.3 Å². The molecule has 0 radical (unpaired) electrons. The van der Waals surface area contributed by atoms with Gasteiger partial charge in [0.2, 0.25) is 0 Å². The van der Waals surface area contributed by atoms with Crippen LogP contribution >= 0.6 is 0 Å². The van der Waals surface area contributed by atoms with Crippen LogP contribution in [0.1, 0.15) is 88.7 Å². The third-order valence-corrected chi connectivity index (χ3v) is 5.63. The van der Waals surface area contributed by atoms with E-state index in [1.54, 1.807) is 0 Å². The fourth-order valence-corrected chi connectivity index (χ4v) is 4.01. The summed E-state index contributed by atoms with van der Waals surface area (Å²) in [5.41, 5.74) is 2.89. The van der Waals surface area contributed by atoms with Gasteiger partial charge in [-0.05, 0) is 37.2 Å². The van der Waals surface area contributed by atoms with Gasteiger partial charge in [0.25, 0.3) is 0 Å². The molecule has 124 valence electrons. The molecule has 0 saturated heterocycles. The van der Waals surface area contributed by atoms with E-state index in [9.17, 15) is 0 Å². The van der Waals surface area contributed by atoms with Crippen LogP contribution in [0.5, 0.6) is 0 Å². The monoisotopic (exact) mass is 300 g/mol. The largest absolute Gasteiger partial charge is 0.0654 e. The Morgan fingerprint density at radius 1 is 0.773 bits per heavy atom. The lowest BCUT2D eigenvalue weighted by atomic mass is 9.78. The zero-order valence-electron chi connectivity index (χ0n) is 14.9. The summed E-state index contributed by atoms with van der Waals surface area (Å²) in [6.45, 7) is 4.48. The molecule has 0 aromatic heterocycles. The summed E-state index contributed by atoms with van der Waals surface area (Å²) in [5.74, 6) is 2.11. The van der Waals surface area contributed by atoms with Gasteiger partial charge in [0.1, 0.15) is 0 Å². The number of aryl methyl sites for hydroxylation is 2. The molecule has 1 aromatic carbocycles. The van der Waals surface area contributed by atoms with Crippen molar-refractivity contribution in [1.82, 2.24) is 0 Å². The smallest absolute Gasteiger partial charge is 0.0279 e. The van der Waals surface area contributed by atoms with Crippen molar-refractivity contribution in [2.75, 3.05) is 0 Å². The van der Waals surface area contributed by atoms with E-state index in [1.165, 1.54) is 88.2 Å². The second-order valence-electron chi connectivity index (χ2n) is 7.61. The summed E-state index contributed by atoms with van der Waals surface area (Å²) in [6, 6.07) is 9.10. The maximum Gasteiger partial charge on any atom is -0.0279 e. The van der Waals surface area contributed by atoms with E-state index in [0.717, 1.165) is 11.8 Å². The summed E-state index contributed by atoms with van der Waals surface area (Å²) in [7, 11) is 0. The molecule has 1 saturated carbocycles. The molecule has 0 heterocycles. The van der Waals surface area contributed by atoms with Gasteiger partial charge in [-0.1, -0.05) is 101 Å². The molecule has 0 aliphatic heterocycles. The molecule has 0 atom stereocenters. The van der Waals surface area contributed by atoms with Crippen molar-refractivity contribution in [2.45, 2.75) is 90.9 Å². The van der Waals surface area contributed by atoms with Crippen LogP contribution < -0.4 is 0 Å². The van der Waals surface area contributed by atoms with E-state index in [0.29, 0.717) is 0 Å². The lowest BCUT2D eigenvalue weighted by Gasteiger charge is -2.28. The fraction of sp³-hybridized carbons (Fsp3) is 0.727.